The first-order valence-electron chi connectivity index (χ1n) is 4.20. The normalized spacial score (nSPS) is 10.3. The molecule has 1 aromatic carbocycles. The molecule has 1 heterocycles. The summed E-state index contributed by atoms with van der Waals surface area (Å²) in [6.45, 7) is 0.438. The van der Waals surface area contributed by atoms with Crippen LogP contribution in [0.1, 0.15) is 5.69 Å². The van der Waals surface area contributed by atoms with Gasteiger partial charge in [0.15, 0.2) is 0 Å². The van der Waals surface area contributed by atoms with Crippen LogP contribution < -0.4 is 5.32 Å². The monoisotopic (exact) mass is 243 g/mol. The van der Waals surface area contributed by atoms with Gasteiger partial charge in [-0.3, -0.25) is 0 Å². The first-order chi connectivity index (χ1) is 7.25. The second-order valence-electron chi connectivity index (χ2n) is 2.87. The predicted octanol–water partition coefficient (Wildman–Crippen LogP) is 2.94. The van der Waals surface area contributed by atoms with Crippen molar-refractivity contribution in [3.63, 3.8) is 0 Å². The van der Waals surface area contributed by atoms with Crippen molar-refractivity contribution < 1.29 is 4.39 Å². The second kappa shape index (κ2) is 4.55. The van der Waals surface area contributed by atoms with E-state index in [0.717, 1.165) is 5.69 Å². The first kappa shape index (κ1) is 10.3. The molecule has 2 rings (SSSR count). The molecule has 15 heavy (non-hydrogen) atoms. The molecule has 0 atom stereocenters. The molecule has 0 saturated carbocycles. The van der Waals surface area contributed by atoms with Crippen LogP contribution in [0.2, 0.25) is 5.02 Å². The zero-order valence-corrected chi connectivity index (χ0v) is 9.15. The van der Waals surface area contributed by atoms with E-state index in [4.69, 9.17) is 11.6 Å². The largest absolute Gasteiger partial charge is 0.377 e. The lowest BCUT2D eigenvalue weighted by Gasteiger charge is -2.05. The smallest absolute Gasteiger partial charge is 0.146 e. The number of anilines is 1. The van der Waals surface area contributed by atoms with Crippen LogP contribution in [-0.4, -0.2) is 9.59 Å². The van der Waals surface area contributed by atoms with Gasteiger partial charge in [0, 0.05) is 10.4 Å². The number of halogens is 2. The first-order valence-corrected chi connectivity index (χ1v) is 5.42. The SMILES string of the molecule is Fc1ccc(Cl)cc1NCc1csnn1. The van der Waals surface area contributed by atoms with Crippen molar-refractivity contribution in [1.29, 1.82) is 0 Å². The Morgan fingerprint density at radius 2 is 2.33 bits per heavy atom. The highest BCUT2D eigenvalue weighted by atomic mass is 35.5. The standard InChI is InChI=1S/C9H7ClFN3S/c10-6-1-2-8(11)9(3-6)12-4-7-5-15-14-13-7/h1-3,5,12H,4H2. The fraction of sp³-hybridized carbons (Fsp3) is 0.111. The van der Waals surface area contributed by atoms with Gasteiger partial charge in [-0.05, 0) is 29.7 Å². The molecular weight excluding hydrogens is 237 g/mol. The summed E-state index contributed by atoms with van der Waals surface area (Å²) in [5.41, 5.74) is 1.15. The average molecular weight is 244 g/mol. The second-order valence-corrected chi connectivity index (χ2v) is 3.92. The third kappa shape index (κ3) is 2.64. The molecule has 0 saturated heterocycles. The Morgan fingerprint density at radius 3 is 3.07 bits per heavy atom. The third-order valence-electron chi connectivity index (χ3n) is 1.79. The van der Waals surface area contributed by atoms with Crippen molar-refractivity contribution in [3.8, 4) is 0 Å². The maximum Gasteiger partial charge on any atom is 0.146 e. The highest BCUT2D eigenvalue weighted by Crippen LogP contribution is 2.19. The molecule has 1 aromatic heterocycles. The van der Waals surface area contributed by atoms with Gasteiger partial charge in [0.1, 0.15) is 5.82 Å². The van der Waals surface area contributed by atoms with Crippen LogP contribution in [0.3, 0.4) is 0 Å². The Labute approximate surface area is 95.1 Å². The van der Waals surface area contributed by atoms with Crippen LogP contribution in [0.4, 0.5) is 10.1 Å². The topological polar surface area (TPSA) is 37.8 Å². The molecule has 6 heteroatoms. The van der Waals surface area contributed by atoms with Gasteiger partial charge in [-0.15, -0.1) is 5.10 Å². The van der Waals surface area contributed by atoms with Gasteiger partial charge in [-0.25, -0.2) is 4.39 Å². The van der Waals surface area contributed by atoms with E-state index in [0.29, 0.717) is 17.3 Å². The van der Waals surface area contributed by atoms with Gasteiger partial charge in [0.25, 0.3) is 0 Å². The lowest BCUT2D eigenvalue weighted by molar-refractivity contribution is 0.630. The van der Waals surface area contributed by atoms with Gasteiger partial charge < -0.3 is 5.32 Å². The van der Waals surface area contributed by atoms with E-state index in [2.05, 4.69) is 14.9 Å². The van der Waals surface area contributed by atoms with Crippen molar-refractivity contribution in [1.82, 2.24) is 9.59 Å². The summed E-state index contributed by atoms with van der Waals surface area (Å²) in [6.07, 6.45) is 0. The number of hydrogen-bond acceptors (Lipinski definition) is 4. The molecular formula is C9H7ClFN3S. The number of aromatic nitrogens is 2. The Hall–Kier alpha value is -1.20. The minimum absolute atomic E-state index is 0.331. The molecule has 0 radical (unpaired) electrons. The summed E-state index contributed by atoms with van der Waals surface area (Å²) in [5, 5.41) is 9.03. The third-order valence-corrected chi connectivity index (χ3v) is 2.58. The molecule has 0 aliphatic carbocycles. The summed E-state index contributed by atoms with van der Waals surface area (Å²) in [6, 6.07) is 4.37. The number of hydrogen-bond donors (Lipinski definition) is 1. The van der Waals surface area contributed by atoms with Crippen LogP contribution in [0, 0.1) is 5.82 Å². The Morgan fingerprint density at radius 1 is 1.47 bits per heavy atom. The molecule has 0 unspecified atom stereocenters. The zero-order valence-electron chi connectivity index (χ0n) is 7.58. The predicted molar refractivity (Wildman–Crippen MR) is 58.6 cm³/mol. The van der Waals surface area contributed by atoms with Crippen molar-refractivity contribution in [2.24, 2.45) is 0 Å². The van der Waals surface area contributed by atoms with E-state index >= 15 is 0 Å². The van der Waals surface area contributed by atoms with Gasteiger partial charge in [0.05, 0.1) is 17.9 Å². The zero-order chi connectivity index (χ0) is 10.7. The maximum atomic E-state index is 13.2. The lowest BCUT2D eigenvalue weighted by atomic mass is 10.3. The number of rotatable bonds is 3. The number of nitrogens with one attached hydrogen (secondary N) is 1. The van der Waals surface area contributed by atoms with Crippen molar-refractivity contribution in [2.75, 3.05) is 5.32 Å². The van der Waals surface area contributed by atoms with E-state index in [1.54, 1.807) is 5.38 Å². The van der Waals surface area contributed by atoms with Crippen molar-refractivity contribution in [3.05, 3.63) is 40.1 Å². The van der Waals surface area contributed by atoms with Crippen LogP contribution in [0.5, 0.6) is 0 Å². The molecule has 0 aliphatic rings. The van der Waals surface area contributed by atoms with Crippen molar-refractivity contribution >= 4 is 28.8 Å². The van der Waals surface area contributed by atoms with E-state index in [9.17, 15) is 4.39 Å². The molecule has 0 amide bonds. The van der Waals surface area contributed by atoms with Gasteiger partial charge in [0.2, 0.25) is 0 Å². The van der Waals surface area contributed by atoms with Crippen LogP contribution in [0.15, 0.2) is 23.6 Å². The fourth-order valence-electron chi connectivity index (χ4n) is 1.08. The average Bonchev–Trinajstić information content (AvgIpc) is 2.72. The molecule has 0 aliphatic heterocycles. The maximum absolute atomic E-state index is 13.2. The number of nitrogens with zero attached hydrogens (tertiary/aromatic N) is 2. The summed E-state index contributed by atoms with van der Waals surface area (Å²) in [7, 11) is 0. The number of benzene rings is 1. The highest BCUT2D eigenvalue weighted by Gasteiger charge is 2.03. The van der Waals surface area contributed by atoms with Crippen LogP contribution in [0.25, 0.3) is 0 Å². The minimum Gasteiger partial charge on any atom is -0.377 e. The summed E-state index contributed by atoms with van der Waals surface area (Å²) >= 11 is 7.01. The molecule has 0 bridgehead atoms. The van der Waals surface area contributed by atoms with E-state index in [1.807, 2.05) is 0 Å². The lowest BCUT2D eigenvalue weighted by Crippen LogP contribution is -2.01. The molecule has 0 spiro atoms. The van der Waals surface area contributed by atoms with Crippen LogP contribution >= 0.6 is 23.1 Å². The Bertz CT molecular complexity index is 447. The van der Waals surface area contributed by atoms with E-state index < -0.39 is 0 Å². The summed E-state index contributed by atoms with van der Waals surface area (Å²) in [5.74, 6) is -0.331. The van der Waals surface area contributed by atoms with Crippen molar-refractivity contribution in [2.45, 2.75) is 6.54 Å². The molecule has 0 fully saturated rings. The highest BCUT2D eigenvalue weighted by molar-refractivity contribution is 7.03. The van der Waals surface area contributed by atoms with Gasteiger partial charge in [-0.2, -0.15) is 0 Å². The molecule has 2 aromatic rings. The summed E-state index contributed by atoms with van der Waals surface area (Å²) < 4.78 is 17.0. The Balaban J connectivity index is 2.07. The fourth-order valence-corrected chi connectivity index (χ4v) is 1.70. The van der Waals surface area contributed by atoms with Gasteiger partial charge in [-0.1, -0.05) is 16.1 Å². The molecule has 1 N–H and O–H groups in total. The van der Waals surface area contributed by atoms with E-state index in [1.165, 1.54) is 29.7 Å². The Kier molecular flexibility index (Phi) is 3.13. The quantitative estimate of drug-likeness (QED) is 0.901. The van der Waals surface area contributed by atoms with E-state index in [-0.39, 0.29) is 5.82 Å². The molecule has 78 valence electrons. The van der Waals surface area contributed by atoms with Crippen LogP contribution in [-0.2, 0) is 6.54 Å². The van der Waals surface area contributed by atoms with Gasteiger partial charge >= 0.3 is 0 Å². The summed E-state index contributed by atoms with van der Waals surface area (Å²) in [4.78, 5) is 0. The minimum atomic E-state index is -0.331. The molecule has 3 nitrogen and oxygen atoms in total.